The molecule has 4 fully saturated rings. The minimum absolute atomic E-state index is 0.00228. The Morgan fingerprint density at radius 2 is 2.03 bits per heavy atom. The molecule has 2 aliphatic carbocycles. The number of phenols is 1. The van der Waals surface area contributed by atoms with Crippen molar-refractivity contribution < 1.29 is 19.7 Å². The summed E-state index contributed by atoms with van der Waals surface area (Å²) >= 11 is 0. The van der Waals surface area contributed by atoms with Gasteiger partial charge in [0.25, 0.3) is 5.91 Å². The molecule has 2 aromatic rings. The Labute approximate surface area is 200 Å². The van der Waals surface area contributed by atoms with Gasteiger partial charge in [-0.3, -0.25) is 9.69 Å². The topological polar surface area (TPSA) is 73.2 Å². The van der Waals surface area contributed by atoms with Crippen LogP contribution < -0.4 is 0 Å². The van der Waals surface area contributed by atoms with Gasteiger partial charge in [0.05, 0.1) is 17.8 Å². The fraction of sp³-hybridized carbons (Fsp3) is 0.536. The average Bonchev–Trinajstić information content (AvgIpc) is 3.27. The zero-order valence-corrected chi connectivity index (χ0v) is 19.6. The normalized spacial score (nSPS) is 38.4. The Hall–Kier alpha value is -2.41. The van der Waals surface area contributed by atoms with Crippen molar-refractivity contribution in [3.05, 3.63) is 65.2 Å². The first kappa shape index (κ1) is 20.9. The average molecular weight is 461 g/mol. The van der Waals surface area contributed by atoms with Crippen LogP contribution in [0.25, 0.3) is 0 Å². The Morgan fingerprint density at radius 1 is 1.21 bits per heavy atom. The SMILES string of the molecule is C[C@@H](O)CN1CC[C@@]23c4cc(O)ccc4C[C@@H]1[C@]21CCC2C3[C@@H](CN2C(=O)c2ccccc2)O1. The zero-order chi connectivity index (χ0) is 23.2. The number of phenolic OH excluding ortho intramolecular Hbond substituents is 1. The number of nitrogens with zero attached hydrogens (tertiary/aromatic N) is 2. The largest absolute Gasteiger partial charge is 0.508 e. The molecular weight excluding hydrogens is 428 g/mol. The van der Waals surface area contributed by atoms with Crippen molar-refractivity contribution in [3.63, 3.8) is 0 Å². The van der Waals surface area contributed by atoms with E-state index in [2.05, 4.69) is 15.9 Å². The van der Waals surface area contributed by atoms with E-state index >= 15 is 0 Å². The number of hydrogen-bond donors (Lipinski definition) is 2. The molecule has 7 rings (SSSR count). The summed E-state index contributed by atoms with van der Waals surface area (Å²) in [6.45, 7) is 4.04. The van der Waals surface area contributed by atoms with E-state index in [0.717, 1.165) is 37.8 Å². The van der Waals surface area contributed by atoms with Gasteiger partial charge in [-0.05, 0) is 74.5 Å². The number of rotatable bonds is 3. The molecule has 0 radical (unpaired) electrons. The van der Waals surface area contributed by atoms with E-state index in [0.29, 0.717) is 18.8 Å². The number of carbonyl (C=O) groups is 1. The number of ether oxygens (including phenoxy) is 1. The lowest BCUT2D eigenvalue weighted by Crippen LogP contribution is -2.74. The molecule has 2 unspecified atom stereocenters. The lowest BCUT2D eigenvalue weighted by atomic mass is 9.46. The van der Waals surface area contributed by atoms with Crippen molar-refractivity contribution in [1.82, 2.24) is 9.80 Å². The van der Waals surface area contributed by atoms with Gasteiger partial charge in [-0.1, -0.05) is 24.3 Å². The van der Waals surface area contributed by atoms with E-state index in [9.17, 15) is 15.0 Å². The van der Waals surface area contributed by atoms with Crippen molar-refractivity contribution in [1.29, 1.82) is 0 Å². The summed E-state index contributed by atoms with van der Waals surface area (Å²) in [5.41, 5.74) is 2.73. The smallest absolute Gasteiger partial charge is 0.254 e. The molecule has 1 saturated carbocycles. The predicted octanol–water partition coefficient (Wildman–Crippen LogP) is 2.71. The predicted molar refractivity (Wildman–Crippen MR) is 127 cm³/mol. The summed E-state index contributed by atoms with van der Waals surface area (Å²) < 4.78 is 7.15. The van der Waals surface area contributed by atoms with Crippen LogP contribution in [0.2, 0.25) is 0 Å². The Bertz CT molecular complexity index is 1150. The van der Waals surface area contributed by atoms with Crippen LogP contribution in [-0.4, -0.2) is 75.4 Å². The molecule has 34 heavy (non-hydrogen) atoms. The number of aromatic hydroxyl groups is 1. The molecule has 2 N–H and O–H groups in total. The molecule has 6 heteroatoms. The summed E-state index contributed by atoms with van der Waals surface area (Å²) in [7, 11) is 0. The molecule has 6 nitrogen and oxygen atoms in total. The van der Waals surface area contributed by atoms with Crippen LogP contribution in [0, 0.1) is 5.92 Å². The van der Waals surface area contributed by atoms with Gasteiger partial charge in [-0.2, -0.15) is 0 Å². The van der Waals surface area contributed by atoms with E-state index in [-0.39, 0.29) is 47.1 Å². The molecule has 4 bridgehead atoms. The Kier molecular flexibility index (Phi) is 4.34. The quantitative estimate of drug-likeness (QED) is 0.737. The maximum absolute atomic E-state index is 13.6. The number of benzene rings is 2. The molecular formula is C28H32N2O4. The Balaban J connectivity index is 1.35. The van der Waals surface area contributed by atoms with Gasteiger partial charge in [-0.15, -0.1) is 0 Å². The third-order valence-corrected chi connectivity index (χ3v) is 9.63. The van der Waals surface area contributed by atoms with Crippen molar-refractivity contribution in [2.75, 3.05) is 19.6 Å². The van der Waals surface area contributed by atoms with Crippen LogP contribution in [0.15, 0.2) is 48.5 Å². The highest BCUT2D eigenvalue weighted by atomic mass is 16.5. The third kappa shape index (κ3) is 2.49. The number of aliphatic hydroxyl groups excluding tert-OH is 1. The Morgan fingerprint density at radius 3 is 2.82 bits per heavy atom. The lowest BCUT2D eigenvalue weighted by molar-refractivity contribution is -0.173. The molecule has 2 aromatic carbocycles. The summed E-state index contributed by atoms with van der Waals surface area (Å²) in [4.78, 5) is 18.1. The molecule has 5 aliphatic rings. The fourth-order valence-corrected chi connectivity index (χ4v) is 8.71. The molecule has 178 valence electrons. The van der Waals surface area contributed by atoms with Crippen LogP contribution in [0.5, 0.6) is 5.75 Å². The minimum Gasteiger partial charge on any atom is -0.508 e. The van der Waals surface area contributed by atoms with Crippen LogP contribution in [0.4, 0.5) is 0 Å². The molecule has 1 amide bonds. The second kappa shape index (κ2) is 7.06. The van der Waals surface area contributed by atoms with Crippen molar-refractivity contribution in [3.8, 4) is 5.75 Å². The van der Waals surface area contributed by atoms with Crippen LogP contribution in [-0.2, 0) is 16.6 Å². The standard InChI is InChI=1S/C28H32N2O4/c1-17(31)15-29-12-11-27-21-14-20(32)8-7-19(21)13-24(29)28(27)10-9-22-25(27)23(34-28)16-30(22)26(33)18-5-3-2-4-6-18/h2-8,14,17,22-25,31-32H,9-13,15-16H2,1H3/t17-,22?,23-,24-,25?,27+,28-/m1/s1. The number of fused-ring (bicyclic) bond motifs is 1. The third-order valence-electron chi connectivity index (χ3n) is 9.63. The molecule has 0 aromatic heterocycles. The molecule has 3 aliphatic heterocycles. The second-order valence-electron chi connectivity index (χ2n) is 11.1. The van der Waals surface area contributed by atoms with Gasteiger partial charge >= 0.3 is 0 Å². The van der Waals surface area contributed by atoms with E-state index in [1.54, 1.807) is 6.07 Å². The van der Waals surface area contributed by atoms with Crippen LogP contribution in [0.3, 0.4) is 0 Å². The number of hydrogen-bond acceptors (Lipinski definition) is 5. The van der Waals surface area contributed by atoms with Gasteiger partial charge in [0.2, 0.25) is 0 Å². The molecule has 3 saturated heterocycles. The monoisotopic (exact) mass is 460 g/mol. The van der Waals surface area contributed by atoms with Gasteiger partial charge in [0.1, 0.15) is 5.75 Å². The maximum atomic E-state index is 13.6. The summed E-state index contributed by atoms with van der Waals surface area (Å²) in [6, 6.07) is 15.8. The summed E-state index contributed by atoms with van der Waals surface area (Å²) in [6.07, 6.45) is 3.26. The number of carbonyl (C=O) groups excluding carboxylic acids is 1. The first-order valence-corrected chi connectivity index (χ1v) is 12.7. The van der Waals surface area contributed by atoms with Gasteiger partial charge in [0.15, 0.2) is 0 Å². The highest BCUT2D eigenvalue weighted by molar-refractivity contribution is 5.94. The number of aliphatic hydroxyl groups is 1. The number of likely N-dealkylation sites (tertiary alicyclic amines) is 2. The van der Waals surface area contributed by atoms with Gasteiger partial charge < -0.3 is 19.8 Å². The van der Waals surface area contributed by atoms with Crippen molar-refractivity contribution >= 4 is 5.91 Å². The summed E-state index contributed by atoms with van der Waals surface area (Å²) in [5, 5.41) is 20.8. The van der Waals surface area contributed by atoms with E-state index < -0.39 is 0 Å². The first-order valence-electron chi connectivity index (χ1n) is 12.7. The van der Waals surface area contributed by atoms with Crippen LogP contribution >= 0.6 is 0 Å². The zero-order valence-electron chi connectivity index (χ0n) is 19.6. The molecule has 7 atom stereocenters. The van der Waals surface area contributed by atoms with Gasteiger partial charge in [0, 0.05) is 42.1 Å². The minimum atomic E-state index is -0.388. The van der Waals surface area contributed by atoms with Crippen molar-refractivity contribution in [2.24, 2.45) is 5.92 Å². The molecule has 0 spiro atoms. The number of β-amino-alcohol motifs (C(OH)–C–C–N with tert-alkyl or cyclic N) is 1. The second-order valence-corrected chi connectivity index (χ2v) is 11.1. The highest BCUT2D eigenvalue weighted by Gasteiger charge is 2.78. The van der Waals surface area contributed by atoms with Crippen LogP contribution in [0.1, 0.15) is 47.7 Å². The van der Waals surface area contributed by atoms with Crippen molar-refractivity contribution in [2.45, 2.75) is 67.9 Å². The fourth-order valence-electron chi connectivity index (χ4n) is 8.71. The summed E-state index contributed by atoms with van der Waals surface area (Å²) in [5.74, 6) is 0.635. The maximum Gasteiger partial charge on any atom is 0.254 e. The van der Waals surface area contributed by atoms with E-state index in [4.69, 9.17) is 4.74 Å². The van der Waals surface area contributed by atoms with Gasteiger partial charge in [-0.25, -0.2) is 0 Å². The number of piperidine rings is 1. The van der Waals surface area contributed by atoms with E-state index in [1.807, 2.05) is 43.3 Å². The van der Waals surface area contributed by atoms with E-state index in [1.165, 1.54) is 11.1 Å². The number of amides is 1. The lowest BCUT2D eigenvalue weighted by Gasteiger charge is -2.64. The first-order chi connectivity index (χ1) is 16.4. The highest BCUT2D eigenvalue weighted by Crippen LogP contribution is 2.69. The molecule has 3 heterocycles.